The Morgan fingerprint density at radius 2 is 2.16 bits per heavy atom. The van der Waals surface area contributed by atoms with Gasteiger partial charge in [0.25, 0.3) is 0 Å². The molecule has 0 radical (unpaired) electrons. The second-order valence-electron chi connectivity index (χ2n) is 4.35. The van der Waals surface area contributed by atoms with Crippen LogP contribution in [0.5, 0.6) is 0 Å². The van der Waals surface area contributed by atoms with E-state index in [0.29, 0.717) is 18.2 Å². The van der Waals surface area contributed by atoms with Crippen LogP contribution in [0.15, 0.2) is 0 Å². The Hall–Kier alpha value is -1.44. The van der Waals surface area contributed by atoms with E-state index in [1.165, 1.54) is 21.6 Å². The summed E-state index contributed by atoms with van der Waals surface area (Å²) in [6.45, 7) is 2.21. The molecule has 0 saturated carbocycles. The summed E-state index contributed by atoms with van der Waals surface area (Å²) in [6, 6.07) is -1.25. The Bertz CT molecular complexity index is 364. The van der Waals surface area contributed by atoms with Gasteiger partial charge in [-0.05, 0) is 6.42 Å². The number of aliphatic carboxylic acids is 1. The Morgan fingerprint density at radius 3 is 2.68 bits per heavy atom. The fraction of sp³-hybridized carbons (Fsp3) is 0.727. The fourth-order valence-corrected chi connectivity index (χ4v) is 2.94. The van der Waals surface area contributed by atoms with E-state index in [1.54, 1.807) is 0 Å². The minimum absolute atomic E-state index is 0.174. The second kappa shape index (κ2) is 7.22. The average Bonchev–Trinajstić information content (AvgIpc) is 2.82. The van der Waals surface area contributed by atoms with Crippen molar-refractivity contribution in [3.05, 3.63) is 0 Å². The molecular weight excluding hydrogens is 270 g/mol. The van der Waals surface area contributed by atoms with Crippen LogP contribution in [0.4, 0.5) is 4.79 Å². The molecule has 7 nitrogen and oxygen atoms in total. The molecule has 0 spiro atoms. The summed E-state index contributed by atoms with van der Waals surface area (Å²) in [5.41, 5.74) is 5.12. The van der Waals surface area contributed by atoms with E-state index in [-0.39, 0.29) is 6.54 Å². The molecule has 0 aromatic heterocycles. The summed E-state index contributed by atoms with van der Waals surface area (Å²) in [5.74, 6) is -0.910. The first-order valence-electron chi connectivity index (χ1n) is 6.11. The number of thioether (sulfide) groups is 1. The van der Waals surface area contributed by atoms with Crippen molar-refractivity contribution >= 4 is 29.7 Å². The lowest BCUT2D eigenvalue weighted by atomic mass is 10.3. The maximum atomic E-state index is 12.3. The van der Waals surface area contributed by atoms with Crippen molar-refractivity contribution in [1.29, 1.82) is 0 Å². The molecule has 1 saturated heterocycles. The van der Waals surface area contributed by atoms with Crippen LogP contribution in [0.2, 0.25) is 0 Å². The fourth-order valence-electron chi connectivity index (χ4n) is 1.80. The van der Waals surface area contributed by atoms with Gasteiger partial charge in [-0.15, -0.1) is 11.8 Å². The minimum atomic E-state index is -1.02. The van der Waals surface area contributed by atoms with Gasteiger partial charge in [0.05, 0.1) is 5.88 Å². The molecule has 19 heavy (non-hydrogen) atoms. The number of rotatable bonds is 6. The van der Waals surface area contributed by atoms with E-state index in [1.807, 2.05) is 6.92 Å². The first-order chi connectivity index (χ1) is 8.97. The Labute approximate surface area is 116 Å². The van der Waals surface area contributed by atoms with Gasteiger partial charge in [0.15, 0.2) is 0 Å². The lowest BCUT2D eigenvalue weighted by molar-refractivity contribution is -0.140. The monoisotopic (exact) mass is 289 g/mol. The lowest BCUT2D eigenvalue weighted by Gasteiger charge is -2.29. The topological polar surface area (TPSA) is 104 Å². The van der Waals surface area contributed by atoms with Gasteiger partial charge in [-0.25, -0.2) is 9.59 Å². The molecular formula is C11H19N3O4S. The summed E-state index contributed by atoms with van der Waals surface area (Å²) in [5, 5.41) is 9.05. The van der Waals surface area contributed by atoms with Crippen LogP contribution >= 0.6 is 11.8 Å². The predicted octanol–water partition coefficient (Wildman–Crippen LogP) is 0.153. The zero-order valence-corrected chi connectivity index (χ0v) is 11.7. The molecule has 0 bridgehead atoms. The van der Waals surface area contributed by atoms with Crippen LogP contribution in [0.3, 0.4) is 0 Å². The van der Waals surface area contributed by atoms with Crippen molar-refractivity contribution in [3.63, 3.8) is 0 Å². The van der Waals surface area contributed by atoms with E-state index in [2.05, 4.69) is 0 Å². The van der Waals surface area contributed by atoms with Crippen molar-refractivity contribution in [2.45, 2.75) is 25.8 Å². The Balaban J connectivity index is 2.73. The number of urea groups is 1. The first kappa shape index (κ1) is 15.6. The molecule has 0 aromatic rings. The number of hydrogen-bond donors (Lipinski definition) is 2. The van der Waals surface area contributed by atoms with Gasteiger partial charge in [-0.2, -0.15) is 0 Å². The highest BCUT2D eigenvalue weighted by Crippen LogP contribution is 2.22. The summed E-state index contributed by atoms with van der Waals surface area (Å²) in [4.78, 5) is 36.9. The van der Waals surface area contributed by atoms with Gasteiger partial charge < -0.3 is 20.6 Å². The quantitative estimate of drug-likeness (QED) is 0.724. The molecule has 1 aliphatic heterocycles. The van der Waals surface area contributed by atoms with Crippen LogP contribution < -0.4 is 5.73 Å². The van der Waals surface area contributed by atoms with E-state index in [9.17, 15) is 14.4 Å². The maximum Gasteiger partial charge on any atom is 0.327 e. The third-order valence-corrected chi connectivity index (χ3v) is 3.82. The van der Waals surface area contributed by atoms with E-state index >= 15 is 0 Å². The van der Waals surface area contributed by atoms with Gasteiger partial charge in [0.2, 0.25) is 5.91 Å². The van der Waals surface area contributed by atoms with Crippen LogP contribution in [0.25, 0.3) is 0 Å². The molecule has 3 N–H and O–H groups in total. The first-order valence-corrected chi connectivity index (χ1v) is 7.27. The maximum absolute atomic E-state index is 12.3. The molecule has 1 aliphatic rings. The molecule has 1 atom stereocenters. The number of nitrogens with two attached hydrogens (primary N) is 1. The van der Waals surface area contributed by atoms with Crippen molar-refractivity contribution in [3.8, 4) is 0 Å². The third-order valence-electron chi connectivity index (χ3n) is 2.81. The van der Waals surface area contributed by atoms with E-state index in [4.69, 9.17) is 10.8 Å². The molecule has 0 aromatic carbocycles. The van der Waals surface area contributed by atoms with Crippen LogP contribution in [-0.4, -0.2) is 63.6 Å². The molecule has 3 amide bonds. The van der Waals surface area contributed by atoms with Gasteiger partial charge in [-0.1, -0.05) is 13.3 Å². The molecule has 8 heteroatoms. The van der Waals surface area contributed by atoms with Gasteiger partial charge in [0.1, 0.15) is 12.6 Å². The molecule has 1 rings (SSSR count). The van der Waals surface area contributed by atoms with Crippen molar-refractivity contribution in [1.82, 2.24) is 9.80 Å². The minimum Gasteiger partial charge on any atom is -0.480 e. The number of carbonyl (C=O) groups excluding carboxylic acids is 2. The smallest absolute Gasteiger partial charge is 0.327 e. The lowest BCUT2D eigenvalue weighted by Crippen LogP contribution is -2.51. The van der Waals surface area contributed by atoms with Crippen LogP contribution in [0, 0.1) is 0 Å². The number of amides is 3. The number of carbonyl (C=O) groups is 3. The van der Waals surface area contributed by atoms with Crippen LogP contribution in [0.1, 0.15) is 19.8 Å². The molecule has 0 aliphatic carbocycles. The zero-order chi connectivity index (χ0) is 14.4. The number of carboxylic acids is 1. The van der Waals surface area contributed by atoms with Crippen molar-refractivity contribution in [2.24, 2.45) is 5.73 Å². The Morgan fingerprint density at radius 1 is 1.47 bits per heavy atom. The molecule has 1 heterocycles. The SMILES string of the molecule is CCCCN(CC(N)=O)C(=O)N1CSCC1C(=O)O. The molecule has 1 fully saturated rings. The van der Waals surface area contributed by atoms with Crippen molar-refractivity contribution < 1.29 is 19.5 Å². The second-order valence-corrected chi connectivity index (χ2v) is 5.35. The highest BCUT2D eigenvalue weighted by atomic mass is 32.2. The number of unbranched alkanes of at least 4 members (excludes halogenated alkanes) is 1. The van der Waals surface area contributed by atoms with E-state index < -0.39 is 23.9 Å². The summed E-state index contributed by atoms with van der Waals surface area (Å²) >= 11 is 1.39. The summed E-state index contributed by atoms with van der Waals surface area (Å²) < 4.78 is 0. The number of nitrogens with zero attached hydrogens (tertiary/aromatic N) is 2. The number of hydrogen-bond acceptors (Lipinski definition) is 4. The molecule has 1 unspecified atom stereocenters. The number of primary amides is 1. The van der Waals surface area contributed by atoms with Gasteiger partial charge in [-0.3, -0.25) is 4.79 Å². The predicted molar refractivity (Wildman–Crippen MR) is 71.7 cm³/mol. The highest BCUT2D eigenvalue weighted by molar-refractivity contribution is 7.99. The van der Waals surface area contributed by atoms with E-state index in [0.717, 1.165) is 12.8 Å². The van der Waals surface area contributed by atoms with Gasteiger partial charge in [0, 0.05) is 12.3 Å². The number of carboxylic acid groups (broad SMARTS) is 1. The third kappa shape index (κ3) is 4.30. The largest absolute Gasteiger partial charge is 0.480 e. The zero-order valence-electron chi connectivity index (χ0n) is 10.9. The summed E-state index contributed by atoms with van der Waals surface area (Å²) in [6.07, 6.45) is 1.62. The average molecular weight is 289 g/mol. The molecule has 108 valence electrons. The van der Waals surface area contributed by atoms with Crippen molar-refractivity contribution in [2.75, 3.05) is 24.7 Å². The van der Waals surface area contributed by atoms with Gasteiger partial charge >= 0.3 is 12.0 Å². The standard InChI is InChI=1S/C11H19N3O4S/c1-2-3-4-13(5-9(12)15)11(18)14-7-19-6-8(14)10(16)17/h8H,2-7H2,1H3,(H2,12,15)(H,16,17). The normalized spacial score (nSPS) is 18.4. The highest BCUT2D eigenvalue weighted by Gasteiger charge is 2.36. The van der Waals surface area contributed by atoms with Crippen LogP contribution in [-0.2, 0) is 9.59 Å². The summed E-state index contributed by atoms with van der Waals surface area (Å²) in [7, 11) is 0. The Kier molecular flexibility index (Phi) is 5.94.